The molecule has 2 aromatic heterocycles. The highest BCUT2D eigenvalue weighted by Gasteiger charge is 2.25. The molecule has 3 heterocycles. The summed E-state index contributed by atoms with van der Waals surface area (Å²) in [6.07, 6.45) is 0. The number of carbonyl (C=O) groups excluding carboxylic acids is 2. The third-order valence-electron chi connectivity index (χ3n) is 4.95. The minimum Gasteiger partial charge on any atom is -0.461 e. The summed E-state index contributed by atoms with van der Waals surface area (Å²) in [5.41, 5.74) is 2.26. The molecule has 9 heteroatoms. The monoisotopic (exact) mass is 425 g/mol. The van der Waals surface area contributed by atoms with Gasteiger partial charge >= 0.3 is 5.97 Å². The van der Waals surface area contributed by atoms with Gasteiger partial charge in [0.1, 0.15) is 0 Å². The minimum atomic E-state index is -0.470. The van der Waals surface area contributed by atoms with Crippen LogP contribution >= 0.6 is 11.3 Å². The maximum atomic E-state index is 13.1. The predicted molar refractivity (Wildman–Crippen MR) is 114 cm³/mol. The van der Waals surface area contributed by atoms with E-state index >= 15 is 0 Å². The topological polar surface area (TPSA) is 80.6 Å². The Morgan fingerprint density at radius 3 is 2.53 bits per heavy atom. The summed E-state index contributed by atoms with van der Waals surface area (Å²) in [6, 6.07) is 11.5. The molecule has 1 aromatic carbocycles. The number of likely N-dealkylation sites (N-methyl/N-ethyl adjacent to an activating group) is 1. The summed E-state index contributed by atoms with van der Waals surface area (Å²) in [5.74, 6) is -0.566. The van der Waals surface area contributed by atoms with E-state index in [-0.39, 0.29) is 18.2 Å². The van der Waals surface area contributed by atoms with E-state index in [0.717, 1.165) is 24.3 Å². The molecule has 0 aliphatic carbocycles. The lowest BCUT2D eigenvalue weighted by molar-refractivity contribution is 0.0520. The van der Waals surface area contributed by atoms with Crippen LogP contribution < -0.4 is 0 Å². The smallest absolute Gasteiger partial charge is 0.357 e. The number of nitrogens with zero attached hydrogens (tertiary/aromatic N) is 5. The van der Waals surface area contributed by atoms with Crippen molar-refractivity contribution in [2.75, 3.05) is 39.8 Å². The van der Waals surface area contributed by atoms with Gasteiger partial charge in [0, 0.05) is 37.1 Å². The Morgan fingerprint density at radius 2 is 1.83 bits per heavy atom. The standard InChI is InChI=1S/C21H23N5O3S/c1-3-29-20(28)17-14-30-21(22-17)26-18(15-7-5-4-6-8-15)13-16(23-26)19(27)25-11-9-24(2)10-12-25/h4-8,13-14H,3,9-12H2,1-2H3. The van der Waals surface area contributed by atoms with E-state index < -0.39 is 5.97 Å². The lowest BCUT2D eigenvalue weighted by Crippen LogP contribution is -2.47. The molecule has 4 rings (SSSR count). The van der Waals surface area contributed by atoms with Crippen LogP contribution in [0, 0.1) is 0 Å². The molecule has 3 aromatic rings. The molecule has 0 spiro atoms. The van der Waals surface area contributed by atoms with Crippen molar-refractivity contribution in [2.45, 2.75) is 6.92 Å². The van der Waals surface area contributed by atoms with E-state index in [4.69, 9.17) is 4.74 Å². The number of amides is 1. The zero-order chi connectivity index (χ0) is 21.1. The van der Waals surface area contributed by atoms with Crippen LogP contribution in [0.3, 0.4) is 0 Å². The lowest BCUT2D eigenvalue weighted by Gasteiger charge is -2.31. The number of rotatable bonds is 5. The second-order valence-electron chi connectivity index (χ2n) is 7.02. The lowest BCUT2D eigenvalue weighted by atomic mass is 10.1. The Kier molecular flexibility index (Phi) is 5.91. The molecule has 8 nitrogen and oxygen atoms in total. The average molecular weight is 426 g/mol. The number of carbonyl (C=O) groups is 2. The van der Waals surface area contributed by atoms with Crippen molar-refractivity contribution < 1.29 is 14.3 Å². The predicted octanol–water partition coefficient (Wildman–Crippen LogP) is 2.56. The third-order valence-corrected chi connectivity index (χ3v) is 5.76. The van der Waals surface area contributed by atoms with Crippen LogP contribution in [0.25, 0.3) is 16.4 Å². The Balaban J connectivity index is 1.70. The van der Waals surface area contributed by atoms with Gasteiger partial charge in [0.15, 0.2) is 11.4 Å². The minimum absolute atomic E-state index is 0.0961. The number of thiazole rings is 1. The van der Waals surface area contributed by atoms with Gasteiger partial charge in [-0.25, -0.2) is 14.5 Å². The fourth-order valence-electron chi connectivity index (χ4n) is 3.28. The molecule has 0 N–H and O–H groups in total. The molecule has 0 atom stereocenters. The first-order valence-corrected chi connectivity index (χ1v) is 10.7. The van der Waals surface area contributed by atoms with E-state index in [9.17, 15) is 9.59 Å². The van der Waals surface area contributed by atoms with Gasteiger partial charge in [-0.1, -0.05) is 30.3 Å². The van der Waals surface area contributed by atoms with Gasteiger partial charge in [-0.3, -0.25) is 4.79 Å². The zero-order valence-electron chi connectivity index (χ0n) is 16.9. The van der Waals surface area contributed by atoms with Crippen molar-refractivity contribution in [3.05, 3.63) is 53.2 Å². The van der Waals surface area contributed by atoms with Gasteiger partial charge in [0.2, 0.25) is 5.13 Å². The van der Waals surface area contributed by atoms with Crippen molar-refractivity contribution in [1.82, 2.24) is 24.6 Å². The molecule has 0 radical (unpaired) electrons. The van der Waals surface area contributed by atoms with Crippen LogP contribution in [0.1, 0.15) is 27.9 Å². The maximum absolute atomic E-state index is 13.1. The SMILES string of the molecule is CCOC(=O)c1csc(-n2nc(C(=O)N3CCN(C)CC3)cc2-c2ccccc2)n1. The van der Waals surface area contributed by atoms with E-state index in [0.29, 0.717) is 23.9 Å². The van der Waals surface area contributed by atoms with Crippen LogP contribution in [0.5, 0.6) is 0 Å². The molecular weight excluding hydrogens is 402 g/mol. The first-order valence-electron chi connectivity index (χ1n) is 9.83. The van der Waals surface area contributed by atoms with Crippen LogP contribution in [-0.4, -0.2) is 76.3 Å². The second-order valence-corrected chi connectivity index (χ2v) is 7.86. The fraction of sp³-hybridized carbons (Fsp3) is 0.333. The molecule has 1 amide bonds. The normalized spacial score (nSPS) is 14.7. The summed E-state index contributed by atoms with van der Waals surface area (Å²) in [5, 5.41) is 6.73. The number of hydrogen-bond donors (Lipinski definition) is 0. The number of aromatic nitrogens is 3. The summed E-state index contributed by atoms with van der Waals surface area (Å²) >= 11 is 1.28. The van der Waals surface area contributed by atoms with Crippen molar-refractivity contribution in [3.63, 3.8) is 0 Å². The number of hydrogen-bond acceptors (Lipinski definition) is 7. The number of benzene rings is 1. The molecule has 1 fully saturated rings. The molecule has 0 saturated carbocycles. The van der Waals surface area contributed by atoms with Gasteiger partial charge in [-0.15, -0.1) is 11.3 Å². The zero-order valence-corrected chi connectivity index (χ0v) is 17.8. The molecule has 1 aliphatic rings. The van der Waals surface area contributed by atoms with Crippen molar-refractivity contribution in [1.29, 1.82) is 0 Å². The highest BCUT2D eigenvalue weighted by atomic mass is 32.1. The van der Waals surface area contributed by atoms with E-state index in [1.165, 1.54) is 11.3 Å². The summed E-state index contributed by atoms with van der Waals surface area (Å²) in [7, 11) is 2.05. The largest absolute Gasteiger partial charge is 0.461 e. The molecule has 30 heavy (non-hydrogen) atoms. The number of esters is 1. The van der Waals surface area contributed by atoms with Gasteiger partial charge in [0.05, 0.1) is 12.3 Å². The molecule has 1 saturated heterocycles. The average Bonchev–Trinajstić information content (AvgIpc) is 3.42. The highest BCUT2D eigenvalue weighted by Crippen LogP contribution is 2.26. The van der Waals surface area contributed by atoms with Crippen molar-refractivity contribution in [3.8, 4) is 16.4 Å². The Bertz CT molecular complexity index is 1040. The summed E-state index contributed by atoms with van der Waals surface area (Å²) < 4.78 is 6.67. The summed E-state index contributed by atoms with van der Waals surface area (Å²) in [4.78, 5) is 33.5. The van der Waals surface area contributed by atoms with Crippen LogP contribution in [0.2, 0.25) is 0 Å². The Hall–Kier alpha value is -3.04. The van der Waals surface area contributed by atoms with Crippen LogP contribution in [-0.2, 0) is 4.74 Å². The molecule has 0 unspecified atom stereocenters. The molecular formula is C21H23N5O3S. The van der Waals surface area contributed by atoms with E-state index in [1.54, 1.807) is 23.1 Å². The summed E-state index contributed by atoms with van der Waals surface area (Å²) in [6.45, 7) is 5.07. The van der Waals surface area contributed by atoms with Gasteiger partial charge in [-0.05, 0) is 20.0 Å². The second kappa shape index (κ2) is 8.76. The van der Waals surface area contributed by atoms with Crippen LogP contribution in [0.15, 0.2) is 41.8 Å². The molecule has 1 aliphatic heterocycles. The Morgan fingerprint density at radius 1 is 1.10 bits per heavy atom. The molecule has 156 valence electrons. The first kappa shape index (κ1) is 20.2. The van der Waals surface area contributed by atoms with Crippen LogP contribution in [0.4, 0.5) is 0 Å². The number of ether oxygens (including phenoxy) is 1. The Labute approximate surface area is 178 Å². The highest BCUT2D eigenvalue weighted by molar-refractivity contribution is 7.12. The van der Waals surface area contributed by atoms with Gasteiger partial charge < -0.3 is 14.5 Å². The maximum Gasteiger partial charge on any atom is 0.357 e. The van der Waals surface area contributed by atoms with Gasteiger partial charge in [0.25, 0.3) is 5.91 Å². The van der Waals surface area contributed by atoms with Gasteiger partial charge in [-0.2, -0.15) is 5.10 Å². The third kappa shape index (κ3) is 4.12. The van der Waals surface area contributed by atoms with Crippen molar-refractivity contribution in [2.24, 2.45) is 0 Å². The molecule has 0 bridgehead atoms. The quantitative estimate of drug-likeness (QED) is 0.585. The fourth-order valence-corrected chi connectivity index (χ4v) is 4.03. The first-order chi connectivity index (χ1) is 14.6. The van der Waals surface area contributed by atoms with E-state index in [1.807, 2.05) is 42.3 Å². The van der Waals surface area contributed by atoms with Crippen molar-refractivity contribution >= 4 is 23.2 Å². The number of piperazine rings is 1. The van der Waals surface area contributed by atoms with E-state index in [2.05, 4.69) is 15.0 Å².